The number of benzene rings is 2. The Labute approximate surface area is 156 Å². The molecular formula is C20H18N2O5. The lowest BCUT2D eigenvalue weighted by atomic mass is 10.0. The number of carbonyl (C=O) groups is 2. The molecule has 138 valence electrons. The van der Waals surface area contributed by atoms with E-state index in [9.17, 15) is 9.59 Å². The van der Waals surface area contributed by atoms with Crippen LogP contribution in [0.5, 0.6) is 5.75 Å². The molecule has 0 saturated heterocycles. The van der Waals surface area contributed by atoms with Crippen LogP contribution in [0.15, 0.2) is 54.6 Å². The van der Waals surface area contributed by atoms with E-state index in [1.165, 1.54) is 14.2 Å². The van der Waals surface area contributed by atoms with E-state index in [1.54, 1.807) is 49.6 Å². The smallest absolute Gasteiger partial charge is 0.434 e. The zero-order valence-corrected chi connectivity index (χ0v) is 15.1. The summed E-state index contributed by atoms with van der Waals surface area (Å²) in [5, 5.41) is 4.35. The first-order chi connectivity index (χ1) is 13.1. The summed E-state index contributed by atoms with van der Waals surface area (Å²) in [6, 6.07) is 15.8. The average Bonchev–Trinajstić information content (AvgIpc) is 3.18. The van der Waals surface area contributed by atoms with Gasteiger partial charge in [0.05, 0.1) is 38.3 Å². The van der Waals surface area contributed by atoms with Gasteiger partial charge in [-0.1, -0.05) is 18.2 Å². The highest BCUT2D eigenvalue weighted by atomic mass is 16.5. The lowest BCUT2D eigenvalue weighted by Crippen LogP contribution is -2.14. The summed E-state index contributed by atoms with van der Waals surface area (Å²) in [7, 11) is 4.17. The van der Waals surface area contributed by atoms with Crippen LogP contribution in [-0.2, 0) is 9.47 Å². The highest BCUT2D eigenvalue weighted by Gasteiger charge is 2.20. The first-order valence-corrected chi connectivity index (χ1v) is 8.09. The molecule has 0 aliphatic carbocycles. The molecule has 3 rings (SSSR count). The Morgan fingerprint density at radius 3 is 2.26 bits per heavy atom. The van der Waals surface area contributed by atoms with Gasteiger partial charge in [-0.15, -0.1) is 0 Å². The number of nitrogens with zero attached hydrogens (tertiary/aromatic N) is 2. The number of hydrogen-bond acceptors (Lipinski definition) is 6. The second kappa shape index (κ2) is 7.74. The minimum Gasteiger partial charge on any atom is -0.497 e. The van der Waals surface area contributed by atoms with Crippen molar-refractivity contribution in [2.75, 3.05) is 21.3 Å². The third-order valence-corrected chi connectivity index (χ3v) is 4.05. The van der Waals surface area contributed by atoms with Gasteiger partial charge in [-0.25, -0.2) is 9.59 Å². The second-order valence-electron chi connectivity index (χ2n) is 5.56. The summed E-state index contributed by atoms with van der Waals surface area (Å²) in [5.74, 6) is 0.211. The molecule has 0 fully saturated rings. The summed E-state index contributed by atoms with van der Waals surface area (Å²) in [5.41, 5.74) is 2.64. The van der Waals surface area contributed by atoms with Crippen molar-refractivity contribution in [2.24, 2.45) is 0 Å². The molecule has 0 aliphatic rings. The van der Waals surface area contributed by atoms with Crippen molar-refractivity contribution in [1.82, 2.24) is 9.78 Å². The SMILES string of the molecule is COC(=O)c1ccccc1-c1cc(-c2ccc(OC)cc2)n(C(=O)OC)n1. The summed E-state index contributed by atoms with van der Waals surface area (Å²) in [6.45, 7) is 0. The maximum absolute atomic E-state index is 12.2. The molecule has 2 aromatic carbocycles. The van der Waals surface area contributed by atoms with Crippen molar-refractivity contribution in [2.45, 2.75) is 0 Å². The molecule has 0 spiro atoms. The van der Waals surface area contributed by atoms with Crippen LogP contribution in [-0.4, -0.2) is 43.2 Å². The third-order valence-electron chi connectivity index (χ3n) is 4.05. The van der Waals surface area contributed by atoms with Gasteiger partial charge in [0.15, 0.2) is 0 Å². The van der Waals surface area contributed by atoms with Gasteiger partial charge in [0.25, 0.3) is 0 Å². The number of aromatic nitrogens is 2. The largest absolute Gasteiger partial charge is 0.497 e. The Bertz CT molecular complexity index is 976. The zero-order valence-electron chi connectivity index (χ0n) is 15.1. The fourth-order valence-corrected chi connectivity index (χ4v) is 2.70. The lowest BCUT2D eigenvalue weighted by molar-refractivity contribution is 0.0601. The Kier molecular flexibility index (Phi) is 5.21. The summed E-state index contributed by atoms with van der Waals surface area (Å²) >= 11 is 0. The number of methoxy groups -OCH3 is 3. The van der Waals surface area contributed by atoms with Gasteiger partial charge in [0.1, 0.15) is 5.75 Å². The van der Waals surface area contributed by atoms with Gasteiger partial charge in [-0.2, -0.15) is 9.78 Å². The number of hydrogen-bond donors (Lipinski definition) is 0. The van der Waals surface area contributed by atoms with Crippen molar-refractivity contribution in [3.05, 3.63) is 60.2 Å². The molecule has 1 heterocycles. The van der Waals surface area contributed by atoms with E-state index in [0.29, 0.717) is 28.3 Å². The van der Waals surface area contributed by atoms with Crippen molar-refractivity contribution < 1.29 is 23.8 Å². The van der Waals surface area contributed by atoms with Crippen LogP contribution in [0, 0.1) is 0 Å². The normalized spacial score (nSPS) is 10.3. The molecule has 0 atom stereocenters. The van der Waals surface area contributed by atoms with Gasteiger partial charge in [0.2, 0.25) is 0 Å². The van der Waals surface area contributed by atoms with Crippen LogP contribution in [0.1, 0.15) is 10.4 Å². The van der Waals surface area contributed by atoms with Crippen LogP contribution in [0.4, 0.5) is 4.79 Å². The number of esters is 1. The minimum absolute atomic E-state index is 0.357. The van der Waals surface area contributed by atoms with Gasteiger partial charge in [-0.3, -0.25) is 0 Å². The van der Waals surface area contributed by atoms with E-state index >= 15 is 0 Å². The van der Waals surface area contributed by atoms with E-state index in [1.807, 2.05) is 12.1 Å². The number of ether oxygens (including phenoxy) is 3. The fourth-order valence-electron chi connectivity index (χ4n) is 2.70. The Morgan fingerprint density at radius 2 is 1.63 bits per heavy atom. The zero-order chi connectivity index (χ0) is 19.4. The van der Waals surface area contributed by atoms with Gasteiger partial charge in [0, 0.05) is 11.1 Å². The summed E-state index contributed by atoms with van der Waals surface area (Å²) in [4.78, 5) is 24.3. The van der Waals surface area contributed by atoms with Crippen molar-refractivity contribution >= 4 is 12.1 Å². The standard InChI is InChI=1S/C20H18N2O5/c1-25-14-10-8-13(9-11-14)18-12-17(21-22(18)20(24)27-3)15-6-4-5-7-16(15)19(23)26-2/h4-12H,1-3H3. The molecule has 3 aromatic rings. The Hall–Kier alpha value is -3.61. The monoisotopic (exact) mass is 366 g/mol. The summed E-state index contributed by atoms with van der Waals surface area (Å²) in [6.07, 6.45) is -0.636. The molecule has 0 radical (unpaired) electrons. The molecule has 0 saturated carbocycles. The van der Waals surface area contributed by atoms with Gasteiger partial charge < -0.3 is 14.2 Å². The molecule has 0 N–H and O–H groups in total. The molecular weight excluding hydrogens is 348 g/mol. The van der Waals surface area contributed by atoms with Crippen LogP contribution in [0.25, 0.3) is 22.5 Å². The Balaban J connectivity index is 2.15. The van der Waals surface area contributed by atoms with E-state index < -0.39 is 12.1 Å². The quantitative estimate of drug-likeness (QED) is 0.656. The molecule has 0 bridgehead atoms. The molecule has 1 aromatic heterocycles. The predicted molar refractivity (Wildman–Crippen MR) is 98.8 cm³/mol. The first kappa shape index (κ1) is 18.2. The second-order valence-corrected chi connectivity index (χ2v) is 5.56. The molecule has 0 aliphatic heterocycles. The predicted octanol–water partition coefficient (Wildman–Crippen LogP) is 3.63. The van der Waals surface area contributed by atoms with E-state index in [4.69, 9.17) is 14.2 Å². The van der Waals surface area contributed by atoms with E-state index in [-0.39, 0.29) is 0 Å². The van der Waals surface area contributed by atoms with Crippen molar-refractivity contribution in [1.29, 1.82) is 0 Å². The average molecular weight is 366 g/mol. The molecule has 27 heavy (non-hydrogen) atoms. The van der Waals surface area contributed by atoms with Crippen LogP contribution >= 0.6 is 0 Å². The molecule has 7 heteroatoms. The maximum Gasteiger partial charge on any atom is 0.434 e. The van der Waals surface area contributed by atoms with Crippen LogP contribution in [0.2, 0.25) is 0 Å². The number of carbonyl (C=O) groups excluding carboxylic acids is 2. The first-order valence-electron chi connectivity index (χ1n) is 8.09. The topological polar surface area (TPSA) is 79.7 Å². The Morgan fingerprint density at radius 1 is 0.926 bits per heavy atom. The van der Waals surface area contributed by atoms with Crippen LogP contribution < -0.4 is 4.74 Å². The van der Waals surface area contributed by atoms with Gasteiger partial charge in [-0.05, 0) is 36.4 Å². The minimum atomic E-state index is -0.636. The van der Waals surface area contributed by atoms with Crippen LogP contribution in [0.3, 0.4) is 0 Å². The van der Waals surface area contributed by atoms with E-state index in [2.05, 4.69) is 5.10 Å². The highest BCUT2D eigenvalue weighted by Crippen LogP contribution is 2.30. The maximum atomic E-state index is 12.2. The number of rotatable bonds is 4. The third kappa shape index (κ3) is 3.52. The van der Waals surface area contributed by atoms with Gasteiger partial charge >= 0.3 is 12.1 Å². The fraction of sp³-hybridized carbons (Fsp3) is 0.150. The summed E-state index contributed by atoms with van der Waals surface area (Å²) < 4.78 is 16.0. The van der Waals surface area contributed by atoms with E-state index in [0.717, 1.165) is 10.2 Å². The molecule has 7 nitrogen and oxygen atoms in total. The van der Waals surface area contributed by atoms with Crippen molar-refractivity contribution in [3.63, 3.8) is 0 Å². The molecule has 0 unspecified atom stereocenters. The lowest BCUT2D eigenvalue weighted by Gasteiger charge is -2.05. The highest BCUT2D eigenvalue weighted by molar-refractivity contribution is 5.97. The molecule has 0 amide bonds. The van der Waals surface area contributed by atoms with Crippen molar-refractivity contribution in [3.8, 4) is 28.3 Å².